The van der Waals surface area contributed by atoms with E-state index in [2.05, 4.69) is 41.9 Å². The summed E-state index contributed by atoms with van der Waals surface area (Å²) in [6.07, 6.45) is 2.88. The topological polar surface area (TPSA) is 137 Å². The molecule has 0 spiro atoms. The van der Waals surface area contributed by atoms with Crippen LogP contribution in [0.1, 0.15) is 28.2 Å². The lowest BCUT2D eigenvalue weighted by Gasteiger charge is -2.23. The Balaban J connectivity index is 2.02. The Morgan fingerprint density at radius 3 is 3.08 bits per heavy atom. The largest absolute Gasteiger partial charge is 0.492 e. The zero-order valence-electron chi connectivity index (χ0n) is 12.2. The quantitative estimate of drug-likeness (QED) is 0.673. The molecular formula is C14H11BrN6O3. The Hall–Kier alpha value is -2.93. The number of nitriles is 1. The van der Waals surface area contributed by atoms with Gasteiger partial charge in [0.2, 0.25) is 5.82 Å². The molecule has 0 fully saturated rings. The van der Waals surface area contributed by atoms with E-state index in [0.29, 0.717) is 28.9 Å². The molecule has 0 amide bonds. The third-order valence-electron chi connectivity index (χ3n) is 3.45. The van der Waals surface area contributed by atoms with Gasteiger partial charge < -0.3 is 15.2 Å². The van der Waals surface area contributed by atoms with Gasteiger partial charge >= 0.3 is 5.97 Å². The van der Waals surface area contributed by atoms with Gasteiger partial charge in [-0.05, 0) is 40.1 Å². The van der Waals surface area contributed by atoms with Crippen LogP contribution in [0.15, 0.2) is 16.7 Å². The van der Waals surface area contributed by atoms with Crippen molar-refractivity contribution in [3.63, 3.8) is 0 Å². The highest BCUT2D eigenvalue weighted by atomic mass is 79.9. The highest BCUT2D eigenvalue weighted by Gasteiger charge is 2.24. The number of tetrazole rings is 1. The van der Waals surface area contributed by atoms with Crippen molar-refractivity contribution < 1.29 is 14.6 Å². The van der Waals surface area contributed by atoms with Gasteiger partial charge in [-0.1, -0.05) is 0 Å². The SMILES string of the molecule is N#CC(=CNc1c(Br)cc(C(=O)O)c2c1CCCO2)c1nn[nH]n1. The molecule has 122 valence electrons. The fourth-order valence-electron chi connectivity index (χ4n) is 2.39. The van der Waals surface area contributed by atoms with Gasteiger partial charge in [0, 0.05) is 16.2 Å². The molecule has 3 N–H and O–H groups in total. The van der Waals surface area contributed by atoms with Crippen molar-refractivity contribution in [2.75, 3.05) is 11.9 Å². The molecule has 0 saturated heterocycles. The molecule has 1 aliphatic heterocycles. The molecule has 1 aromatic carbocycles. The summed E-state index contributed by atoms with van der Waals surface area (Å²) in [5.74, 6) is -0.542. The highest BCUT2D eigenvalue weighted by molar-refractivity contribution is 9.10. The summed E-state index contributed by atoms with van der Waals surface area (Å²) in [6.45, 7) is 0.469. The molecule has 9 nitrogen and oxygen atoms in total. The second-order valence-corrected chi connectivity index (χ2v) is 5.75. The van der Waals surface area contributed by atoms with Crippen molar-refractivity contribution in [3.8, 4) is 11.8 Å². The number of carbonyl (C=O) groups is 1. The number of aromatic carboxylic acids is 1. The first-order valence-corrected chi connectivity index (χ1v) is 7.73. The fraction of sp³-hybridized carbons (Fsp3) is 0.214. The number of carboxylic acid groups (broad SMARTS) is 1. The van der Waals surface area contributed by atoms with Crippen LogP contribution in [0, 0.1) is 11.3 Å². The predicted molar refractivity (Wildman–Crippen MR) is 86.3 cm³/mol. The van der Waals surface area contributed by atoms with Crippen LogP contribution in [0.25, 0.3) is 5.57 Å². The number of aromatic nitrogens is 4. The fourth-order valence-corrected chi connectivity index (χ4v) is 2.98. The van der Waals surface area contributed by atoms with Gasteiger partial charge in [0.15, 0.2) is 0 Å². The van der Waals surface area contributed by atoms with Crippen LogP contribution in [-0.2, 0) is 6.42 Å². The Labute approximate surface area is 144 Å². The predicted octanol–water partition coefficient (Wildman–Crippen LogP) is 1.96. The minimum atomic E-state index is -1.06. The number of fused-ring (bicyclic) bond motifs is 1. The first-order chi connectivity index (χ1) is 11.6. The number of nitrogens with zero attached hydrogens (tertiary/aromatic N) is 4. The van der Waals surface area contributed by atoms with Crippen LogP contribution >= 0.6 is 15.9 Å². The van der Waals surface area contributed by atoms with Crippen LogP contribution in [0.2, 0.25) is 0 Å². The first-order valence-electron chi connectivity index (χ1n) is 6.94. The zero-order chi connectivity index (χ0) is 17.1. The Morgan fingerprint density at radius 2 is 2.42 bits per heavy atom. The van der Waals surface area contributed by atoms with Crippen molar-refractivity contribution in [1.82, 2.24) is 20.6 Å². The van der Waals surface area contributed by atoms with Crippen molar-refractivity contribution in [1.29, 1.82) is 5.26 Å². The molecule has 3 rings (SSSR count). The van der Waals surface area contributed by atoms with Gasteiger partial charge in [-0.15, -0.1) is 10.2 Å². The first kappa shape index (κ1) is 15.9. The van der Waals surface area contributed by atoms with E-state index in [0.717, 1.165) is 12.0 Å². The summed E-state index contributed by atoms with van der Waals surface area (Å²) in [6, 6.07) is 3.45. The van der Waals surface area contributed by atoms with E-state index < -0.39 is 5.97 Å². The molecule has 2 aromatic rings. The number of benzene rings is 1. The number of allylic oxidation sites excluding steroid dienone is 1. The third-order valence-corrected chi connectivity index (χ3v) is 4.07. The minimum absolute atomic E-state index is 0.102. The third kappa shape index (κ3) is 2.93. The average molecular weight is 391 g/mol. The van der Waals surface area contributed by atoms with E-state index in [9.17, 15) is 15.2 Å². The molecule has 10 heteroatoms. The lowest BCUT2D eigenvalue weighted by atomic mass is 10.00. The number of H-pyrrole nitrogens is 1. The molecule has 0 radical (unpaired) electrons. The average Bonchev–Trinajstić information content (AvgIpc) is 3.11. The van der Waals surface area contributed by atoms with Crippen LogP contribution in [-0.4, -0.2) is 38.3 Å². The monoisotopic (exact) mass is 390 g/mol. The minimum Gasteiger partial charge on any atom is -0.492 e. The van der Waals surface area contributed by atoms with Crippen LogP contribution in [0.4, 0.5) is 5.69 Å². The van der Waals surface area contributed by atoms with E-state index in [1.807, 2.05) is 6.07 Å². The second kappa shape index (κ2) is 6.67. The maximum absolute atomic E-state index is 11.4. The van der Waals surface area contributed by atoms with Crippen molar-refractivity contribution in [2.45, 2.75) is 12.8 Å². The summed E-state index contributed by atoms with van der Waals surface area (Å²) in [7, 11) is 0. The van der Waals surface area contributed by atoms with Crippen molar-refractivity contribution >= 4 is 33.2 Å². The highest BCUT2D eigenvalue weighted by Crippen LogP contribution is 2.40. The van der Waals surface area contributed by atoms with Gasteiger partial charge in [0.25, 0.3) is 0 Å². The van der Waals surface area contributed by atoms with E-state index >= 15 is 0 Å². The van der Waals surface area contributed by atoms with Crippen molar-refractivity contribution in [3.05, 3.63) is 33.7 Å². The number of aromatic amines is 1. The molecule has 1 aliphatic rings. The Bertz CT molecular complexity index is 856. The van der Waals surface area contributed by atoms with E-state index in [-0.39, 0.29) is 17.0 Å². The molecule has 24 heavy (non-hydrogen) atoms. The van der Waals surface area contributed by atoms with Gasteiger partial charge in [0.1, 0.15) is 23.0 Å². The lowest BCUT2D eigenvalue weighted by molar-refractivity contribution is 0.0691. The normalized spacial score (nSPS) is 13.6. The Morgan fingerprint density at radius 1 is 1.58 bits per heavy atom. The lowest BCUT2D eigenvalue weighted by Crippen LogP contribution is -2.15. The standard InChI is InChI=1S/C14H11BrN6O3/c15-10-4-9(14(22)23)12-8(2-1-3-24-12)11(10)17-6-7(5-16)13-18-20-21-19-13/h4,6,17H,1-3H2,(H,22,23)(H,18,19,20,21). The van der Waals surface area contributed by atoms with Gasteiger partial charge in [-0.3, -0.25) is 0 Å². The summed E-state index contributed by atoms with van der Waals surface area (Å²) < 4.78 is 6.11. The molecule has 0 bridgehead atoms. The summed E-state index contributed by atoms with van der Waals surface area (Å²) >= 11 is 3.37. The molecule has 1 aromatic heterocycles. The Kier molecular flexibility index (Phi) is 4.43. The maximum atomic E-state index is 11.4. The smallest absolute Gasteiger partial charge is 0.339 e. The number of halogens is 1. The number of hydrogen-bond donors (Lipinski definition) is 3. The molecule has 0 saturated carbocycles. The summed E-state index contributed by atoms with van der Waals surface area (Å²) in [5.41, 5.74) is 1.67. The van der Waals surface area contributed by atoms with E-state index in [1.54, 1.807) is 0 Å². The maximum Gasteiger partial charge on any atom is 0.339 e. The van der Waals surface area contributed by atoms with Gasteiger partial charge in [-0.2, -0.15) is 10.5 Å². The van der Waals surface area contributed by atoms with Crippen molar-refractivity contribution in [2.24, 2.45) is 0 Å². The molecule has 0 aliphatic carbocycles. The van der Waals surface area contributed by atoms with E-state index in [4.69, 9.17) is 4.74 Å². The second-order valence-electron chi connectivity index (χ2n) is 4.90. The number of nitrogens with one attached hydrogen (secondary N) is 2. The number of hydrogen-bond acceptors (Lipinski definition) is 7. The number of ether oxygens (including phenoxy) is 1. The van der Waals surface area contributed by atoms with Gasteiger partial charge in [0.05, 0.1) is 12.3 Å². The number of anilines is 1. The van der Waals surface area contributed by atoms with Crippen LogP contribution in [0.5, 0.6) is 5.75 Å². The zero-order valence-corrected chi connectivity index (χ0v) is 13.8. The molecule has 2 heterocycles. The van der Waals surface area contributed by atoms with E-state index in [1.165, 1.54) is 12.3 Å². The summed E-state index contributed by atoms with van der Waals surface area (Å²) in [4.78, 5) is 11.4. The van der Waals surface area contributed by atoms with Crippen LogP contribution in [0.3, 0.4) is 0 Å². The molecular weight excluding hydrogens is 380 g/mol. The molecule has 0 unspecified atom stereocenters. The van der Waals surface area contributed by atoms with Gasteiger partial charge in [-0.25, -0.2) is 4.79 Å². The number of carboxylic acids is 1. The van der Waals surface area contributed by atoms with Crippen LogP contribution < -0.4 is 10.1 Å². The summed E-state index contributed by atoms with van der Waals surface area (Å²) in [5, 5.41) is 34.8. The number of rotatable bonds is 4. The molecule has 0 atom stereocenters.